The molecule has 1 heterocycles. The Balaban J connectivity index is 1.53. The lowest BCUT2D eigenvalue weighted by Crippen LogP contribution is -3.12. The van der Waals surface area contributed by atoms with Crippen molar-refractivity contribution < 1.29 is 14.5 Å². The second-order valence-corrected chi connectivity index (χ2v) is 8.05. The number of fused-ring (bicyclic) bond motifs is 1. The molecule has 2 aliphatic rings. The van der Waals surface area contributed by atoms with E-state index in [1.54, 1.807) is 0 Å². The van der Waals surface area contributed by atoms with E-state index in [4.69, 9.17) is 0 Å². The quantitative estimate of drug-likeness (QED) is 0.756. The molecule has 0 spiro atoms. The van der Waals surface area contributed by atoms with E-state index in [1.807, 2.05) is 31.2 Å². The first-order chi connectivity index (χ1) is 13.5. The molecule has 4 rings (SSSR count). The zero-order valence-electron chi connectivity index (χ0n) is 16.6. The van der Waals surface area contributed by atoms with Crippen molar-refractivity contribution in [2.45, 2.75) is 45.2 Å². The second-order valence-electron chi connectivity index (χ2n) is 8.05. The first-order valence-electron chi connectivity index (χ1n) is 10.1. The van der Waals surface area contributed by atoms with E-state index in [1.165, 1.54) is 26.5 Å². The Hall–Kier alpha value is -2.66. The van der Waals surface area contributed by atoms with E-state index in [2.05, 4.69) is 36.5 Å². The van der Waals surface area contributed by atoms with Crippen LogP contribution in [0.5, 0.6) is 0 Å². The zero-order chi connectivity index (χ0) is 19.7. The van der Waals surface area contributed by atoms with Crippen molar-refractivity contribution in [3.63, 3.8) is 0 Å². The molecule has 0 aromatic heterocycles. The van der Waals surface area contributed by atoms with Crippen LogP contribution >= 0.6 is 0 Å². The number of urea groups is 1. The number of rotatable bonds is 6. The average molecular weight is 378 g/mol. The number of nitrogens with one attached hydrogen (secondary N) is 2. The highest BCUT2D eigenvalue weighted by Gasteiger charge is 2.50. The van der Waals surface area contributed by atoms with Crippen LogP contribution in [0.25, 0.3) is 0 Å². The standard InChI is InChI=1S/C23H27N3O2/c1-3-25(15-17-8-5-4-6-9-17)16-26-21(27)23(2,24-22(26)28)20-13-12-18-10-7-11-19(18)14-20/h4-6,8-9,12-14H,3,7,10-11,15-16H2,1-2H3,(H,24,28)/p+1/t23-/m1/s1. The van der Waals surface area contributed by atoms with Crippen LogP contribution in [0.3, 0.4) is 0 Å². The van der Waals surface area contributed by atoms with Crippen molar-refractivity contribution in [3.8, 4) is 0 Å². The molecule has 5 heteroatoms. The minimum Gasteiger partial charge on any atom is -0.319 e. The molecule has 1 unspecified atom stereocenters. The fourth-order valence-corrected chi connectivity index (χ4v) is 4.32. The van der Waals surface area contributed by atoms with Gasteiger partial charge in [0.1, 0.15) is 12.1 Å². The lowest BCUT2D eigenvalue weighted by molar-refractivity contribution is -0.919. The summed E-state index contributed by atoms with van der Waals surface area (Å²) in [4.78, 5) is 28.5. The van der Waals surface area contributed by atoms with Gasteiger partial charge in [-0.2, -0.15) is 0 Å². The number of imide groups is 1. The van der Waals surface area contributed by atoms with Gasteiger partial charge in [-0.3, -0.25) is 4.79 Å². The third-order valence-corrected chi connectivity index (χ3v) is 6.13. The number of benzene rings is 2. The monoisotopic (exact) mass is 378 g/mol. The predicted molar refractivity (Wildman–Crippen MR) is 108 cm³/mol. The molecule has 2 aromatic rings. The van der Waals surface area contributed by atoms with Crippen molar-refractivity contribution in [1.29, 1.82) is 0 Å². The fraction of sp³-hybridized carbons (Fsp3) is 0.391. The first-order valence-corrected chi connectivity index (χ1v) is 10.1. The van der Waals surface area contributed by atoms with E-state index in [0.717, 1.165) is 37.9 Å². The second kappa shape index (κ2) is 7.40. The molecule has 1 aliphatic heterocycles. The summed E-state index contributed by atoms with van der Waals surface area (Å²) in [5, 5.41) is 2.96. The molecule has 1 saturated heterocycles. The highest BCUT2D eigenvalue weighted by molar-refractivity contribution is 6.07. The van der Waals surface area contributed by atoms with E-state index < -0.39 is 5.54 Å². The molecule has 1 aliphatic carbocycles. The van der Waals surface area contributed by atoms with Crippen LogP contribution in [0, 0.1) is 0 Å². The Morgan fingerprint density at radius 3 is 2.57 bits per heavy atom. The Morgan fingerprint density at radius 1 is 1.07 bits per heavy atom. The summed E-state index contributed by atoms with van der Waals surface area (Å²) in [6.45, 7) is 5.89. The third-order valence-electron chi connectivity index (χ3n) is 6.13. The highest BCUT2D eigenvalue weighted by atomic mass is 16.2. The largest absolute Gasteiger partial charge is 0.329 e. The molecule has 2 aromatic carbocycles. The third kappa shape index (κ3) is 3.31. The van der Waals surface area contributed by atoms with Crippen LogP contribution in [-0.4, -0.2) is 30.1 Å². The maximum Gasteiger partial charge on any atom is 0.329 e. The van der Waals surface area contributed by atoms with Crippen LogP contribution < -0.4 is 10.2 Å². The summed E-state index contributed by atoms with van der Waals surface area (Å²) in [7, 11) is 0. The lowest BCUT2D eigenvalue weighted by Gasteiger charge is -2.25. The number of aryl methyl sites for hydroxylation is 2. The number of amides is 3. The van der Waals surface area contributed by atoms with Gasteiger partial charge in [-0.15, -0.1) is 0 Å². The van der Waals surface area contributed by atoms with Crippen LogP contribution in [0.4, 0.5) is 4.79 Å². The predicted octanol–water partition coefficient (Wildman–Crippen LogP) is 2.00. The van der Waals surface area contributed by atoms with Crippen molar-refractivity contribution in [2.24, 2.45) is 0 Å². The minimum absolute atomic E-state index is 0.158. The van der Waals surface area contributed by atoms with E-state index in [0.29, 0.717) is 6.67 Å². The Labute approximate surface area is 166 Å². The summed E-state index contributed by atoms with van der Waals surface area (Å²) in [5.74, 6) is -0.158. The van der Waals surface area contributed by atoms with Gasteiger partial charge in [0.15, 0.2) is 6.67 Å². The van der Waals surface area contributed by atoms with Gasteiger partial charge in [-0.05, 0) is 49.8 Å². The first kappa shape index (κ1) is 18.7. The number of hydrogen-bond donors (Lipinski definition) is 2. The number of carbonyl (C=O) groups excluding carboxylic acids is 2. The van der Waals surface area contributed by atoms with Gasteiger partial charge in [0, 0.05) is 5.56 Å². The van der Waals surface area contributed by atoms with Crippen molar-refractivity contribution in [1.82, 2.24) is 10.2 Å². The normalized spacial score (nSPS) is 22.3. The van der Waals surface area contributed by atoms with E-state index in [-0.39, 0.29) is 11.9 Å². The smallest absolute Gasteiger partial charge is 0.319 e. The van der Waals surface area contributed by atoms with Gasteiger partial charge in [0.2, 0.25) is 0 Å². The summed E-state index contributed by atoms with van der Waals surface area (Å²) in [6.07, 6.45) is 3.32. The SMILES string of the molecule is CC[NH+](Cc1ccccc1)CN1C(=O)N[C@](C)(c2ccc3c(c2)CCC3)C1=O. The van der Waals surface area contributed by atoms with Crippen LogP contribution in [0.2, 0.25) is 0 Å². The van der Waals surface area contributed by atoms with Gasteiger partial charge in [-0.1, -0.05) is 48.5 Å². The number of carbonyl (C=O) groups is 2. The molecule has 1 fully saturated rings. The Kier molecular flexibility index (Phi) is 4.94. The van der Waals surface area contributed by atoms with E-state index >= 15 is 0 Å². The van der Waals surface area contributed by atoms with Gasteiger partial charge < -0.3 is 10.2 Å². The van der Waals surface area contributed by atoms with Crippen molar-refractivity contribution >= 4 is 11.9 Å². The zero-order valence-corrected chi connectivity index (χ0v) is 16.6. The Bertz CT molecular complexity index is 896. The van der Waals surface area contributed by atoms with Crippen LogP contribution in [-0.2, 0) is 29.7 Å². The maximum absolute atomic E-state index is 13.3. The Morgan fingerprint density at radius 2 is 1.82 bits per heavy atom. The molecule has 2 atom stereocenters. The minimum atomic E-state index is -0.986. The molecule has 2 N–H and O–H groups in total. The van der Waals surface area contributed by atoms with Gasteiger partial charge >= 0.3 is 6.03 Å². The maximum atomic E-state index is 13.3. The average Bonchev–Trinajstić information content (AvgIpc) is 3.26. The number of hydrogen-bond acceptors (Lipinski definition) is 2. The molecule has 28 heavy (non-hydrogen) atoms. The molecule has 0 bridgehead atoms. The molecule has 3 amide bonds. The molecular formula is C23H28N3O2+. The number of quaternary nitrogens is 1. The summed E-state index contributed by atoms with van der Waals surface area (Å²) in [5.41, 5.74) is 3.78. The molecule has 0 saturated carbocycles. The van der Waals surface area contributed by atoms with Gasteiger partial charge in [0.05, 0.1) is 6.54 Å². The summed E-state index contributed by atoms with van der Waals surface area (Å²) >= 11 is 0. The topological polar surface area (TPSA) is 53.9 Å². The van der Waals surface area contributed by atoms with Crippen molar-refractivity contribution in [3.05, 3.63) is 70.8 Å². The van der Waals surface area contributed by atoms with Crippen LogP contribution in [0.15, 0.2) is 48.5 Å². The van der Waals surface area contributed by atoms with E-state index in [9.17, 15) is 9.59 Å². The number of nitrogens with zero attached hydrogens (tertiary/aromatic N) is 1. The molecule has 0 radical (unpaired) electrons. The molecular weight excluding hydrogens is 350 g/mol. The summed E-state index contributed by atoms with van der Waals surface area (Å²) in [6, 6.07) is 16.1. The molecule has 146 valence electrons. The van der Waals surface area contributed by atoms with Crippen LogP contribution in [0.1, 0.15) is 42.5 Å². The highest BCUT2D eigenvalue weighted by Crippen LogP contribution is 2.32. The van der Waals surface area contributed by atoms with Crippen molar-refractivity contribution in [2.75, 3.05) is 13.2 Å². The van der Waals surface area contributed by atoms with Gasteiger partial charge in [0.25, 0.3) is 5.91 Å². The lowest BCUT2D eigenvalue weighted by atomic mass is 9.90. The fourth-order valence-electron chi connectivity index (χ4n) is 4.32. The summed E-state index contributed by atoms with van der Waals surface area (Å²) < 4.78 is 0. The molecule has 5 nitrogen and oxygen atoms in total. The van der Waals surface area contributed by atoms with Gasteiger partial charge in [-0.25, -0.2) is 9.69 Å².